The van der Waals surface area contributed by atoms with Gasteiger partial charge in [-0.15, -0.1) is 34.9 Å². The minimum atomic E-state index is 0. The second-order valence-corrected chi connectivity index (χ2v) is 6.14. The van der Waals surface area contributed by atoms with E-state index >= 15 is 0 Å². The normalized spacial score (nSPS) is 10.3. The molecule has 3 nitrogen and oxygen atoms in total. The van der Waals surface area contributed by atoms with Crippen molar-refractivity contribution in [2.75, 3.05) is 0 Å². The zero-order valence-electron chi connectivity index (χ0n) is 14.4. The van der Waals surface area contributed by atoms with Crippen LogP contribution in [0.3, 0.4) is 0 Å². The fraction of sp³-hybridized carbons (Fsp3) is 0.0909. The van der Waals surface area contributed by atoms with Crippen LogP contribution in [-0.2, 0) is 20.1 Å². The molecule has 4 rings (SSSR count). The van der Waals surface area contributed by atoms with E-state index in [-0.39, 0.29) is 20.1 Å². The molecule has 0 N–H and O–H groups in total. The van der Waals surface area contributed by atoms with Gasteiger partial charge in [-0.25, -0.2) is 4.85 Å². The summed E-state index contributed by atoms with van der Waals surface area (Å²) in [6.45, 7) is 11.3. The van der Waals surface area contributed by atoms with Crippen molar-refractivity contribution in [3.63, 3.8) is 0 Å². The van der Waals surface area contributed by atoms with E-state index in [1.165, 1.54) is 5.56 Å². The summed E-state index contributed by atoms with van der Waals surface area (Å²) in [6, 6.07) is 23.4. The molecule has 3 aromatic carbocycles. The van der Waals surface area contributed by atoms with Crippen molar-refractivity contribution in [3.8, 4) is 17.1 Å². The molecule has 4 heteroatoms. The molecule has 0 amide bonds. The molecule has 0 aliphatic carbocycles. The number of para-hydroxylation sites is 2. The minimum absolute atomic E-state index is 0. The molecule has 1 radical (unpaired) electrons. The Bertz CT molecular complexity index is 1100. The van der Waals surface area contributed by atoms with Crippen LogP contribution in [0.1, 0.15) is 11.1 Å². The molecule has 0 atom stereocenters. The number of fused-ring (bicyclic) bond motifs is 1. The second kappa shape index (κ2) is 7.25. The van der Waals surface area contributed by atoms with Gasteiger partial charge in [0.15, 0.2) is 5.69 Å². The molecule has 1 heterocycles. The maximum Gasteiger partial charge on any atom is 0.187 e. The van der Waals surface area contributed by atoms with Crippen molar-refractivity contribution < 1.29 is 20.1 Å². The van der Waals surface area contributed by atoms with Crippen molar-refractivity contribution in [1.82, 2.24) is 9.55 Å². The topological polar surface area (TPSA) is 22.2 Å². The third kappa shape index (κ3) is 3.20. The molecule has 0 aliphatic heterocycles. The predicted molar refractivity (Wildman–Crippen MR) is 101 cm³/mol. The third-order valence-corrected chi connectivity index (χ3v) is 4.19. The summed E-state index contributed by atoms with van der Waals surface area (Å²) >= 11 is 0. The molecule has 1 aromatic heterocycles. The molecule has 0 fully saturated rings. The van der Waals surface area contributed by atoms with Gasteiger partial charge in [0.25, 0.3) is 0 Å². The quantitative estimate of drug-likeness (QED) is 0.317. The van der Waals surface area contributed by atoms with Gasteiger partial charge in [0, 0.05) is 25.8 Å². The van der Waals surface area contributed by atoms with Crippen molar-refractivity contribution in [1.29, 1.82) is 0 Å². The van der Waals surface area contributed by atoms with Crippen LogP contribution in [0.5, 0.6) is 0 Å². The van der Waals surface area contributed by atoms with E-state index < -0.39 is 0 Å². The Balaban J connectivity index is 0.00000196. The first-order valence-electron chi connectivity index (χ1n) is 8.12. The average molecular weight is 515 g/mol. The maximum absolute atomic E-state index is 7.14. The van der Waals surface area contributed by atoms with E-state index in [2.05, 4.69) is 40.6 Å². The van der Waals surface area contributed by atoms with Crippen LogP contribution >= 0.6 is 0 Å². The standard InChI is InChI=1S/C22H16N3.Ir/c1-15-12-16(2)14-17(13-15)22-24-20-6-4-5-7-21(20)25(22)19-10-8-18(23-3)9-11-19;/h4-13H,1-2H3;/q-1;. The molecule has 4 aromatic rings. The van der Waals surface area contributed by atoms with Gasteiger partial charge in [0.05, 0.1) is 23.4 Å². The summed E-state index contributed by atoms with van der Waals surface area (Å²) in [7, 11) is 0. The number of hydrogen-bond donors (Lipinski definition) is 0. The van der Waals surface area contributed by atoms with Gasteiger partial charge in [-0.05, 0) is 24.3 Å². The van der Waals surface area contributed by atoms with Gasteiger partial charge in [0.2, 0.25) is 0 Å². The first-order chi connectivity index (χ1) is 12.2. The summed E-state index contributed by atoms with van der Waals surface area (Å²) in [5.41, 5.74) is 6.87. The zero-order valence-corrected chi connectivity index (χ0v) is 16.8. The minimum Gasteiger partial charge on any atom is -0.333 e. The van der Waals surface area contributed by atoms with E-state index in [1.54, 1.807) is 0 Å². The van der Waals surface area contributed by atoms with Crippen LogP contribution in [0.15, 0.2) is 60.7 Å². The Labute approximate surface area is 166 Å². The van der Waals surface area contributed by atoms with Gasteiger partial charge in [-0.3, -0.25) is 4.98 Å². The fourth-order valence-corrected chi connectivity index (χ4v) is 3.16. The first kappa shape index (κ1) is 18.1. The van der Waals surface area contributed by atoms with Gasteiger partial charge in [-0.1, -0.05) is 38.1 Å². The van der Waals surface area contributed by atoms with E-state index in [0.29, 0.717) is 5.69 Å². The Morgan fingerprint density at radius 3 is 2.42 bits per heavy atom. The monoisotopic (exact) mass is 515 g/mol. The number of rotatable bonds is 2. The zero-order chi connectivity index (χ0) is 17.4. The van der Waals surface area contributed by atoms with Crippen LogP contribution in [0, 0.1) is 26.5 Å². The summed E-state index contributed by atoms with van der Waals surface area (Å²) < 4.78 is 2.13. The van der Waals surface area contributed by atoms with Gasteiger partial charge >= 0.3 is 0 Å². The third-order valence-electron chi connectivity index (χ3n) is 4.19. The summed E-state index contributed by atoms with van der Waals surface area (Å²) in [5.74, 6) is 0.864. The number of imidazole rings is 1. The molecule has 26 heavy (non-hydrogen) atoms. The van der Waals surface area contributed by atoms with E-state index in [9.17, 15) is 0 Å². The number of aromatic nitrogens is 2. The Hall–Kier alpha value is -2.73. The van der Waals surface area contributed by atoms with Crippen LogP contribution in [0.25, 0.3) is 33.0 Å². The van der Waals surface area contributed by atoms with Crippen molar-refractivity contribution in [2.45, 2.75) is 13.8 Å². The van der Waals surface area contributed by atoms with E-state index in [1.807, 2.05) is 49.4 Å². The number of benzene rings is 3. The van der Waals surface area contributed by atoms with Crippen molar-refractivity contribution in [3.05, 3.63) is 89.3 Å². The van der Waals surface area contributed by atoms with Crippen molar-refractivity contribution >= 4 is 16.7 Å². The van der Waals surface area contributed by atoms with Crippen LogP contribution in [0.4, 0.5) is 5.69 Å². The Morgan fingerprint density at radius 1 is 1.00 bits per heavy atom. The molecule has 0 saturated carbocycles. The molecule has 0 unspecified atom stereocenters. The molecule has 129 valence electrons. The van der Waals surface area contributed by atoms with Crippen molar-refractivity contribution in [2.24, 2.45) is 0 Å². The first-order valence-corrected chi connectivity index (χ1v) is 8.12. The number of aryl methyl sites for hydroxylation is 2. The second-order valence-electron chi connectivity index (χ2n) is 6.14. The van der Waals surface area contributed by atoms with Gasteiger partial charge in [0.1, 0.15) is 0 Å². The molecular weight excluding hydrogens is 498 g/mol. The Morgan fingerprint density at radius 2 is 1.73 bits per heavy atom. The van der Waals surface area contributed by atoms with Crippen LogP contribution in [-0.4, -0.2) is 9.55 Å². The number of hydrogen-bond acceptors (Lipinski definition) is 1. The van der Waals surface area contributed by atoms with Gasteiger partial charge < -0.3 is 4.57 Å². The maximum atomic E-state index is 7.14. The molecule has 0 bridgehead atoms. The van der Waals surface area contributed by atoms with Crippen LogP contribution in [0.2, 0.25) is 0 Å². The predicted octanol–water partition coefficient (Wildman–Crippen LogP) is 5.66. The largest absolute Gasteiger partial charge is 0.333 e. The Kier molecular flexibility index (Phi) is 5.04. The fourth-order valence-electron chi connectivity index (χ4n) is 3.16. The SMILES string of the molecule is [C-]#[N+]c1ccc(-n2c(-c3[c-]c(C)cc(C)c3)nc3ccccc32)cc1.[Ir]. The molecule has 0 spiro atoms. The molecule has 0 aliphatic rings. The summed E-state index contributed by atoms with van der Waals surface area (Å²) in [5, 5.41) is 0. The molecule has 0 saturated heterocycles. The smallest absolute Gasteiger partial charge is 0.187 e. The average Bonchev–Trinajstić information content (AvgIpc) is 3.00. The summed E-state index contributed by atoms with van der Waals surface area (Å²) in [4.78, 5) is 8.33. The number of nitrogens with zero attached hydrogens (tertiary/aromatic N) is 3. The van der Waals surface area contributed by atoms with E-state index in [4.69, 9.17) is 11.6 Å². The van der Waals surface area contributed by atoms with E-state index in [0.717, 1.165) is 33.7 Å². The van der Waals surface area contributed by atoms with Crippen LogP contribution < -0.4 is 0 Å². The molecular formula is C22H16IrN3-. The van der Waals surface area contributed by atoms with Gasteiger partial charge in [-0.2, -0.15) is 0 Å². The summed E-state index contributed by atoms with van der Waals surface area (Å²) in [6.07, 6.45) is 0.